The zero-order valence-electron chi connectivity index (χ0n) is 29.3. The minimum absolute atomic E-state index is 0. The lowest BCUT2D eigenvalue weighted by Gasteiger charge is -2.38. The number of hydrogen-bond acceptors (Lipinski definition) is 8. The Hall–Kier alpha value is -3.90. The first-order valence-corrected chi connectivity index (χ1v) is 18.2. The average molecular weight is 696 g/mol. The topological polar surface area (TPSA) is 180 Å². The highest BCUT2D eigenvalue weighted by Gasteiger charge is 2.52. The number of rotatable bonds is 13. The number of hydrogen-bond donors (Lipinski definition) is 4. The van der Waals surface area contributed by atoms with Gasteiger partial charge in [-0.25, -0.2) is 4.98 Å². The van der Waals surface area contributed by atoms with Crippen LogP contribution in [-0.4, -0.2) is 86.9 Å². The molecule has 13 heteroatoms. The van der Waals surface area contributed by atoms with E-state index in [0.29, 0.717) is 19.4 Å². The highest BCUT2D eigenvalue weighted by atomic mass is 16.2. The summed E-state index contributed by atoms with van der Waals surface area (Å²) in [5.41, 5.74) is -0.638. The van der Waals surface area contributed by atoms with Crippen molar-refractivity contribution in [3.8, 4) is 0 Å². The van der Waals surface area contributed by atoms with Crippen LogP contribution in [0.2, 0.25) is 0 Å². The van der Waals surface area contributed by atoms with Crippen molar-refractivity contribution >= 4 is 35.3 Å². The van der Waals surface area contributed by atoms with E-state index in [0.717, 1.165) is 64.2 Å². The lowest BCUT2D eigenvalue weighted by molar-refractivity contribution is -0.146. The number of carbonyl (C=O) groups is 6. The van der Waals surface area contributed by atoms with E-state index >= 15 is 0 Å². The third-order valence-corrected chi connectivity index (χ3v) is 10.7. The molecule has 0 aromatic carbocycles. The quantitative estimate of drug-likeness (QED) is 0.227. The first-order chi connectivity index (χ1) is 23.4. The molecular formula is C37H57N7O6. The lowest BCUT2D eigenvalue weighted by atomic mass is 9.82. The van der Waals surface area contributed by atoms with E-state index in [1.807, 2.05) is 27.7 Å². The molecule has 1 saturated heterocycles. The normalized spacial score (nSPS) is 23.8. The van der Waals surface area contributed by atoms with E-state index in [-0.39, 0.29) is 42.8 Å². The Morgan fingerprint density at radius 3 is 2.24 bits per heavy atom. The molecule has 0 unspecified atom stereocenters. The summed E-state index contributed by atoms with van der Waals surface area (Å²) in [6.45, 7) is 7.85. The molecule has 3 aliphatic carbocycles. The van der Waals surface area contributed by atoms with Crippen molar-refractivity contribution in [3.05, 3.63) is 24.3 Å². The Morgan fingerprint density at radius 2 is 1.62 bits per heavy atom. The van der Waals surface area contributed by atoms with E-state index < -0.39 is 59.0 Å². The fourth-order valence-corrected chi connectivity index (χ4v) is 7.87. The third-order valence-electron chi connectivity index (χ3n) is 10.7. The molecule has 6 atom stereocenters. The van der Waals surface area contributed by atoms with Gasteiger partial charge in [-0.1, -0.05) is 67.2 Å². The van der Waals surface area contributed by atoms with Gasteiger partial charge in [0.05, 0.1) is 12.2 Å². The van der Waals surface area contributed by atoms with Crippen LogP contribution >= 0.6 is 0 Å². The Bertz CT molecular complexity index is 1390. The van der Waals surface area contributed by atoms with Crippen LogP contribution in [0.3, 0.4) is 0 Å². The van der Waals surface area contributed by atoms with E-state index in [1.54, 1.807) is 4.90 Å². The summed E-state index contributed by atoms with van der Waals surface area (Å²) in [6, 6.07) is -3.68. The monoisotopic (exact) mass is 695 g/mol. The molecule has 4 N–H and O–H groups in total. The number of likely N-dealkylation sites (tertiary alicyclic amines) is 1. The molecule has 1 aromatic rings. The van der Waals surface area contributed by atoms with Gasteiger partial charge in [0.25, 0.3) is 11.8 Å². The zero-order chi connectivity index (χ0) is 35.3. The van der Waals surface area contributed by atoms with Gasteiger partial charge < -0.3 is 26.2 Å². The van der Waals surface area contributed by atoms with Gasteiger partial charge in [-0.05, 0) is 68.1 Å². The molecular weight excluding hydrogens is 638 g/mol. The van der Waals surface area contributed by atoms with Crippen molar-refractivity contribution in [1.82, 2.24) is 36.1 Å². The fraction of sp³-hybridized carbons (Fsp3) is 0.730. The molecule has 0 spiro atoms. The average Bonchev–Trinajstić information content (AvgIpc) is 3.65. The molecule has 2 heterocycles. The number of fused-ring (bicyclic) bond motifs is 1. The molecule has 0 radical (unpaired) electrons. The van der Waals surface area contributed by atoms with E-state index in [9.17, 15) is 28.8 Å². The highest BCUT2D eigenvalue weighted by molar-refractivity contribution is 6.38. The summed E-state index contributed by atoms with van der Waals surface area (Å²) in [5, 5.41) is 11.5. The number of nitrogens with one attached hydrogen (secondary N) is 4. The second-order valence-corrected chi connectivity index (χ2v) is 15.5. The Kier molecular flexibility index (Phi) is 13.1. The van der Waals surface area contributed by atoms with Crippen molar-refractivity contribution in [3.63, 3.8) is 0 Å². The predicted molar refractivity (Wildman–Crippen MR) is 187 cm³/mol. The number of ketones is 1. The maximum Gasteiger partial charge on any atom is 0.289 e. The second-order valence-electron chi connectivity index (χ2n) is 15.5. The van der Waals surface area contributed by atoms with Gasteiger partial charge in [0.15, 0.2) is 0 Å². The van der Waals surface area contributed by atoms with Crippen molar-refractivity contribution < 1.29 is 28.8 Å². The van der Waals surface area contributed by atoms with Crippen LogP contribution in [0.5, 0.6) is 0 Å². The molecule has 0 bridgehead atoms. The Balaban J connectivity index is 0.00000562. The number of aromatic nitrogens is 2. The maximum atomic E-state index is 14.6. The molecule has 1 aromatic heterocycles. The molecule has 4 aliphatic rings. The number of carbonyl (C=O) groups excluding carboxylic acids is 6. The second kappa shape index (κ2) is 16.9. The van der Waals surface area contributed by atoms with E-state index in [4.69, 9.17) is 0 Å². The summed E-state index contributed by atoms with van der Waals surface area (Å²) >= 11 is 0. The summed E-state index contributed by atoms with van der Waals surface area (Å²) in [7, 11) is 0. The number of nitrogens with zero attached hydrogens (tertiary/aromatic N) is 3. The van der Waals surface area contributed by atoms with Crippen molar-refractivity contribution in [2.45, 2.75) is 142 Å². The van der Waals surface area contributed by atoms with E-state index in [1.165, 1.54) is 18.6 Å². The Morgan fingerprint density at radius 1 is 0.900 bits per heavy atom. The first-order valence-electron chi connectivity index (χ1n) is 18.2. The molecule has 4 fully saturated rings. The summed E-state index contributed by atoms with van der Waals surface area (Å²) in [5.74, 6) is -3.20. The molecule has 1 aliphatic heterocycles. The minimum atomic E-state index is -0.994. The van der Waals surface area contributed by atoms with Crippen LogP contribution in [-0.2, 0) is 24.0 Å². The molecule has 3 saturated carbocycles. The fourth-order valence-electron chi connectivity index (χ4n) is 7.87. The number of Topliss-reactive ketones (excluding diaryl/α,β-unsaturated/α-hetero) is 1. The zero-order valence-corrected chi connectivity index (χ0v) is 29.3. The smallest absolute Gasteiger partial charge is 0.289 e. The lowest BCUT2D eigenvalue weighted by Crippen LogP contribution is -2.62. The number of amides is 5. The van der Waals surface area contributed by atoms with Crippen LogP contribution in [0.15, 0.2) is 18.6 Å². The van der Waals surface area contributed by atoms with Gasteiger partial charge in [-0.2, -0.15) is 0 Å². The Labute approximate surface area is 296 Å². The van der Waals surface area contributed by atoms with Crippen LogP contribution in [0.4, 0.5) is 0 Å². The molecule has 50 heavy (non-hydrogen) atoms. The van der Waals surface area contributed by atoms with Crippen LogP contribution < -0.4 is 21.3 Å². The van der Waals surface area contributed by atoms with Crippen LogP contribution in [0.1, 0.15) is 123 Å². The molecule has 5 amide bonds. The van der Waals surface area contributed by atoms with Gasteiger partial charge in [0.2, 0.25) is 23.5 Å². The van der Waals surface area contributed by atoms with Gasteiger partial charge in [0.1, 0.15) is 23.8 Å². The van der Waals surface area contributed by atoms with Gasteiger partial charge in [-0.15, -0.1) is 0 Å². The summed E-state index contributed by atoms with van der Waals surface area (Å²) < 4.78 is 0. The summed E-state index contributed by atoms with van der Waals surface area (Å²) in [4.78, 5) is 91.4. The van der Waals surface area contributed by atoms with Gasteiger partial charge >= 0.3 is 0 Å². The third kappa shape index (κ3) is 9.25. The SMILES string of the molecule is C.CCC[C@H](NC(=O)[C@@H]1[C@H]2CCC[C@H]2CN1C(=O)[C@@H](NC(=O)[C@@H](NC(=O)c1cnccn1)C1CCCCC1)C(C)(C)C)C(=O)C(=O)NC1CC1. The molecule has 5 rings (SSSR count). The molecule has 276 valence electrons. The van der Waals surface area contributed by atoms with Crippen molar-refractivity contribution in [2.75, 3.05) is 6.54 Å². The van der Waals surface area contributed by atoms with Gasteiger partial charge in [0, 0.05) is 25.0 Å². The van der Waals surface area contributed by atoms with Gasteiger partial charge in [-0.3, -0.25) is 33.8 Å². The minimum Gasteiger partial charge on any atom is -0.347 e. The van der Waals surface area contributed by atoms with Crippen LogP contribution in [0.25, 0.3) is 0 Å². The predicted octanol–water partition coefficient (Wildman–Crippen LogP) is 3.08. The largest absolute Gasteiger partial charge is 0.347 e. The molecule has 13 nitrogen and oxygen atoms in total. The highest BCUT2D eigenvalue weighted by Crippen LogP contribution is 2.43. The summed E-state index contributed by atoms with van der Waals surface area (Å²) in [6.07, 6.45) is 13.9. The standard InChI is InChI=1S/C36H53N7O6.CH4/c1-5-10-25(29(44)34(48)39-23-15-16-23)40-33(47)28-24-14-9-13-22(24)20-43(28)35(49)30(36(2,3)4)42-32(46)27(21-11-7-6-8-12-21)41-31(45)26-19-37-17-18-38-26;/h17-19,21-25,27-28,30H,5-16,20H2,1-4H3,(H,39,48)(H,40,47)(H,41,45)(H,42,46);1H4/t22-,24-,25-,27-,28-,30+;/m0./s1. The van der Waals surface area contributed by atoms with Crippen molar-refractivity contribution in [1.29, 1.82) is 0 Å². The maximum absolute atomic E-state index is 14.6. The van der Waals surface area contributed by atoms with E-state index in [2.05, 4.69) is 31.2 Å². The van der Waals surface area contributed by atoms with Crippen LogP contribution in [0, 0.1) is 23.2 Å². The van der Waals surface area contributed by atoms with Crippen molar-refractivity contribution in [2.24, 2.45) is 23.2 Å². The first kappa shape index (κ1) is 38.9.